The Labute approximate surface area is 171 Å². The van der Waals surface area contributed by atoms with Gasteiger partial charge in [-0.15, -0.1) is 0 Å². The monoisotopic (exact) mass is 424 g/mol. The number of carbonyl (C=O) groups excluding carboxylic acids is 2. The second-order valence-corrected chi connectivity index (χ2v) is 7.51. The third-order valence-corrected chi connectivity index (χ3v) is 4.98. The fourth-order valence-corrected chi connectivity index (χ4v) is 3.22. The van der Waals surface area contributed by atoms with Crippen molar-refractivity contribution in [1.82, 2.24) is 15.1 Å². The molecule has 1 aliphatic heterocycles. The van der Waals surface area contributed by atoms with Gasteiger partial charge in [-0.2, -0.15) is 18.3 Å². The molecular weight excluding hydrogens is 401 g/mol. The van der Waals surface area contributed by atoms with Crippen LogP contribution in [0.3, 0.4) is 0 Å². The zero-order valence-corrected chi connectivity index (χ0v) is 16.8. The van der Waals surface area contributed by atoms with Gasteiger partial charge in [0.15, 0.2) is 5.69 Å². The van der Waals surface area contributed by atoms with Gasteiger partial charge in [-0.25, -0.2) is 0 Å². The molecule has 0 saturated carbocycles. The number of anilines is 1. The number of nitrogens with zero attached hydrogens (tertiary/aromatic N) is 2. The molecule has 1 fully saturated rings. The number of benzene rings is 1. The van der Waals surface area contributed by atoms with Crippen LogP contribution in [0.4, 0.5) is 18.9 Å². The SMILES string of the molecule is COC1CCN(C(=O)c2cc(NC(=O)c3cc(C(C)C)[nH]n3)cc(C(F)(F)F)c2)C1. The highest BCUT2D eigenvalue weighted by Crippen LogP contribution is 2.33. The number of hydrogen-bond acceptors (Lipinski definition) is 4. The molecule has 162 valence electrons. The van der Waals surface area contributed by atoms with Gasteiger partial charge in [0.25, 0.3) is 11.8 Å². The number of methoxy groups -OCH3 is 1. The molecular formula is C20H23F3N4O3. The topological polar surface area (TPSA) is 87.3 Å². The highest BCUT2D eigenvalue weighted by atomic mass is 19.4. The molecule has 0 bridgehead atoms. The average molecular weight is 424 g/mol. The van der Waals surface area contributed by atoms with Gasteiger partial charge in [0.2, 0.25) is 0 Å². The lowest BCUT2D eigenvalue weighted by atomic mass is 10.1. The number of likely N-dealkylation sites (tertiary alicyclic amines) is 1. The number of halogens is 3. The molecule has 30 heavy (non-hydrogen) atoms. The smallest absolute Gasteiger partial charge is 0.380 e. The van der Waals surface area contributed by atoms with Crippen LogP contribution in [0.1, 0.15) is 58.3 Å². The summed E-state index contributed by atoms with van der Waals surface area (Å²) >= 11 is 0. The van der Waals surface area contributed by atoms with E-state index in [1.165, 1.54) is 24.1 Å². The standard InChI is InChI=1S/C20H23F3N4O3/c1-11(2)16-9-17(26-25-16)18(28)24-14-7-12(6-13(8-14)20(21,22)23)19(29)27-5-4-15(10-27)30-3/h6-9,11,15H,4-5,10H2,1-3H3,(H,24,28)(H,25,26). The van der Waals surface area contributed by atoms with Crippen LogP contribution >= 0.6 is 0 Å². The maximum Gasteiger partial charge on any atom is 0.416 e. The summed E-state index contributed by atoms with van der Waals surface area (Å²) in [5.74, 6) is -1.11. The zero-order chi connectivity index (χ0) is 22.1. The average Bonchev–Trinajstić information content (AvgIpc) is 3.36. The van der Waals surface area contributed by atoms with Crippen molar-refractivity contribution in [3.63, 3.8) is 0 Å². The molecule has 7 nitrogen and oxygen atoms in total. The van der Waals surface area contributed by atoms with Gasteiger partial charge in [-0.3, -0.25) is 14.7 Å². The molecule has 2 amide bonds. The minimum atomic E-state index is -4.67. The molecule has 1 unspecified atom stereocenters. The molecule has 1 atom stereocenters. The Morgan fingerprint density at radius 2 is 2.00 bits per heavy atom. The third kappa shape index (κ3) is 4.81. The van der Waals surface area contributed by atoms with E-state index in [0.29, 0.717) is 19.5 Å². The van der Waals surface area contributed by atoms with Crippen LogP contribution in [0, 0.1) is 0 Å². The molecule has 2 N–H and O–H groups in total. The summed E-state index contributed by atoms with van der Waals surface area (Å²) in [5.41, 5.74) is -0.527. The van der Waals surface area contributed by atoms with E-state index < -0.39 is 23.6 Å². The summed E-state index contributed by atoms with van der Waals surface area (Å²) < 4.78 is 45.4. The van der Waals surface area contributed by atoms with E-state index in [1.807, 2.05) is 13.8 Å². The van der Waals surface area contributed by atoms with E-state index in [4.69, 9.17) is 4.74 Å². The molecule has 1 aromatic carbocycles. The highest BCUT2D eigenvalue weighted by molar-refractivity contribution is 6.04. The Bertz CT molecular complexity index is 940. The van der Waals surface area contributed by atoms with Gasteiger partial charge < -0.3 is 15.0 Å². The van der Waals surface area contributed by atoms with E-state index in [-0.39, 0.29) is 29.0 Å². The van der Waals surface area contributed by atoms with Crippen LogP contribution in [-0.4, -0.2) is 53.2 Å². The predicted octanol–water partition coefficient (Wildman–Crippen LogP) is 3.67. The molecule has 3 rings (SSSR count). The third-order valence-electron chi connectivity index (χ3n) is 4.98. The summed E-state index contributed by atoms with van der Waals surface area (Å²) in [6, 6.07) is 4.37. The minimum Gasteiger partial charge on any atom is -0.380 e. The number of nitrogens with one attached hydrogen (secondary N) is 2. The lowest BCUT2D eigenvalue weighted by Gasteiger charge is -2.18. The van der Waals surface area contributed by atoms with Gasteiger partial charge in [-0.05, 0) is 36.6 Å². The van der Waals surface area contributed by atoms with E-state index in [2.05, 4.69) is 15.5 Å². The number of hydrogen-bond donors (Lipinski definition) is 2. The van der Waals surface area contributed by atoms with Crippen LogP contribution in [0.2, 0.25) is 0 Å². The molecule has 0 radical (unpaired) electrons. The maximum absolute atomic E-state index is 13.4. The van der Waals surface area contributed by atoms with Crippen molar-refractivity contribution in [1.29, 1.82) is 0 Å². The minimum absolute atomic E-state index is 0.0477. The van der Waals surface area contributed by atoms with Crippen molar-refractivity contribution < 1.29 is 27.5 Å². The van der Waals surface area contributed by atoms with Crippen LogP contribution in [0.25, 0.3) is 0 Å². The van der Waals surface area contributed by atoms with Gasteiger partial charge >= 0.3 is 6.18 Å². The largest absolute Gasteiger partial charge is 0.416 e. The lowest BCUT2D eigenvalue weighted by molar-refractivity contribution is -0.137. The van der Waals surface area contributed by atoms with E-state index in [9.17, 15) is 22.8 Å². The number of carbonyl (C=O) groups is 2. The molecule has 10 heteroatoms. The number of aromatic nitrogens is 2. The first-order valence-corrected chi connectivity index (χ1v) is 9.49. The van der Waals surface area contributed by atoms with E-state index in [1.54, 1.807) is 0 Å². The van der Waals surface area contributed by atoms with Crippen molar-refractivity contribution in [2.45, 2.75) is 38.5 Å². The first-order chi connectivity index (χ1) is 14.1. The predicted molar refractivity (Wildman–Crippen MR) is 103 cm³/mol. The van der Waals surface area contributed by atoms with Gasteiger partial charge in [0, 0.05) is 37.1 Å². The van der Waals surface area contributed by atoms with Crippen molar-refractivity contribution in [2.24, 2.45) is 0 Å². The maximum atomic E-state index is 13.4. The van der Waals surface area contributed by atoms with Crippen LogP contribution in [0.15, 0.2) is 24.3 Å². The fraction of sp³-hybridized carbons (Fsp3) is 0.450. The number of ether oxygens (including phenoxy) is 1. The molecule has 2 aromatic rings. The number of rotatable bonds is 5. The van der Waals surface area contributed by atoms with Crippen LogP contribution in [-0.2, 0) is 10.9 Å². The molecule has 1 saturated heterocycles. The molecule has 0 aliphatic carbocycles. The van der Waals surface area contributed by atoms with Gasteiger partial charge in [0.1, 0.15) is 0 Å². The highest BCUT2D eigenvalue weighted by Gasteiger charge is 2.33. The second-order valence-electron chi connectivity index (χ2n) is 7.51. The second kappa shape index (κ2) is 8.47. The molecule has 0 spiro atoms. The lowest BCUT2D eigenvalue weighted by Crippen LogP contribution is -2.30. The number of amides is 2. The molecule has 1 aromatic heterocycles. The zero-order valence-electron chi connectivity index (χ0n) is 16.8. The first-order valence-electron chi connectivity index (χ1n) is 9.49. The Hall–Kier alpha value is -2.88. The Balaban J connectivity index is 1.87. The summed E-state index contributed by atoms with van der Waals surface area (Å²) in [5, 5.41) is 9.03. The van der Waals surface area contributed by atoms with Crippen molar-refractivity contribution in [3.8, 4) is 0 Å². The Morgan fingerprint density at radius 1 is 1.27 bits per heavy atom. The van der Waals surface area contributed by atoms with E-state index >= 15 is 0 Å². The first kappa shape index (κ1) is 21.8. The number of alkyl halides is 3. The van der Waals surface area contributed by atoms with Crippen LogP contribution < -0.4 is 5.32 Å². The summed E-state index contributed by atoms with van der Waals surface area (Å²) in [6.45, 7) is 4.51. The van der Waals surface area contributed by atoms with Crippen molar-refractivity contribution in [3.05, 3.63) is 46.8 Å². The van der Waals surface area contributed by atoms with Crippen molar-refractivity contribution >= 4 is 17.5 Å². The van der Waals surface area contributed by atoms with E-state index in [0.717, 1.165) is 17.8 Å². The number of H-pyrrole nitrogens is 1. The summed E-state index contributed by atoms with van der Waals surface area (Å²) in [4.78, 5) is 26.6. The summed E-state index contributed by atoms with van der Waals surface area (Å²) in [7, 11) is 1.52. The van der Waals surface area contributed by atoms with Crippen molar-refractivity contribution in [2.75, 3.05) is 25.5 Å². The molecule has 1 aliphatic rings. The quantitative estimate of drug-likeness (QED) is 0.767. The Morgan fingerprint density at radius 3 is 2.57 bits per heavy atom. The fourth-order valence-electron chi connectivity index (χ4n) is 3.22. The van der Waals surface area contributed by atoms with Crippen LogP contribution in [0.5, 0.6) is 0 Å². The van der Waals surface area contributed by atoms with Gasteiger partial charge in [-0.1, -0.05) is 13.8 Å². The Kier molecular flexibility index (Phi) is 6.16. The summed E-state index contributed by atoms with van der Waals surface area (Å²) in [6.07, 6.45) is -4.21. The molecule has 2 heterocycles. The van der Waals surface area contributed by atoms with Gasteiger partial charge in [0.05, 0.1) is 11.7 Å². The number of aromatic amines is 1. The normalized spacial score (nSPS) is 16.9.